The van der Waals surface area contributed by atoms with E-state index < -0.39 is 0 Å². The second-order valence-electron chi connectivity index (χ2n) is 3.80. The minimum absolute atomic E-state index is 0.0493. The van der Waals surface area contributed by atoms with Crippen molar-refractivity contribution >= 4 is 17.7 Å². The summed E-state index contributed by atoms with van der Waals surface area (Å²) in [7, 11) is 1.50. The van der Waals surface area contributed by atoms with Gasteiger partial charge in [0.1, 0.15) is 17.8 Å². The Morgan fingerprint density at radius 3 is 3.18 bits per heavy atom. The summed E-state index contributed by atoms with van der Waals surface area (Å²) in [4.78, 5) is 13.5. The van der Waals surface area contributed by atoms with Crippen molar-refractivity contribution in [3.8, 4) is 0 Å². The first-order valence-corrected chi connectivity index (χ1v) is 6.42. The Bertz CT molecular complexity index is 413. The summed E-state index contributed by atoms with van der Waals surface area (Å²) in [5.41, 5.74) is 0.831. The lowest BCUT2D eigenvalue weighted by molar-refractivity contribution is -0.135. The summed E-state index contributed by atoms with van der Waals surface area (Å²) >= 11 is 1.65. The number of nitrogens with zero attached hydrogens (tertiary/aromatic N) is 1. The van der Waals surface area contributed by atoms with Crippen LogP contribution in [-0.4, -0.2) is 36.8 Å². The lowest BCUT2D eigenvalue weighted by atomic mass is 10.2. The molecule has 17 heavy (non-hydrogen) atoms. The molecule has 1 atom stereocenters. The van der Waals surface area contributed by atoms with E-state index in [1.165, 1.54) is 19.2 Å². The molecule has 1 aliphatic heterocycles. The van der Waals surface area contributed by atoms with Gasteiger partial charge in [0.2, 0.25) is 5.91 Å². The molecule has 1 saturated heterocycles. The van der Waals surface area contributed by atoms with Crippen LogP contribution in [-0.2, 0) is 9.53 Å². The van der Waals surface area contributed by atoms with Gasteiger partial charge in [-0.25, -0.2) is 4.39 Å². The van der Waals surface area contributed by atoms with E-state index in [-0.39, 0.29) is 23.7 Å². The number of hydrogen-bond donors (Lipinski definition) is 0. The minimum atomic E-state index is -0.269. The molecule has 0 N–H and O–H groups in total. The molecule has 0 saturated carbocycles. The maximum absolute atomic E-state index is 13.2. The molecular formula is C12H14FNO2S. The van der Waals surface area contributed by atoms with Crippen LogP contribution in [0.15, 0.2) is 24.3 Å². The molecule has 0 aromatic heterocycles. The first kappa shape index (κ1) is 12.4. The number of thioether (sulfide) groups is 1. The van der Waals surface area contributed by atoms with Crippen LogP contribution in [0.5, 0.6) is 0 Å². The van der Waals surface area contributed by atoms with Crippen molar-refractivity contribution in [2.45, 2.75) is 5.37 Å². The summed E-state index contributed by atoms with van der Waals surface area (Å²) in [5, 5.41) is -0.0895. The maximum Gasteiger partial charge on any atom is 0.249 e. The van der Waals surface area contributed by atoms with Crippen LogP contribution in [0, 0.1) is 5.82 Å². The number of amides is 1. The fourth-order valence-electron chi connectivity index (χ4n) is 1.87. The number of carbonyl (C=O) groups is 1. The molecule has 0 spiro atoms. The van der Waals surface area contributed by atoms with Crippen molar-refractivity contribution in [3.63, 3.8) is 0 Å². The summed E-state index contributed by atoms with van der Waals surface area (Å²) in [6, 6.07) is 6.40. The fourth-order valence-corrected chi connectivity index (χ4v) is 3.14. The van der Waals surface area contributed by atoms with Gasteiger partial charge in [0.05, 0.1) is 0 Å². The number of rotatable bonds is 3. The maximum atomic E-state index is 13.2. The SMILES string of the molecule is COCC(=O)N1CCS[C@@H]1c1cccc(F)c1. The van der Waals surface area contributed by atoms with Crippen molar-refractivity contribution in [2.75, 3.05) is 26.0 Å². The normalized spacial score (nSPS) is 19.6. The van der Waals surface area contributed by atoms with Crippen LogP contribution < -0.4 is 0 Å². The largest absolute Gasteiger partial charge is 0.375 e. The summed E-state index contributed by atoms with van der Waals surface area (Å²) in [6.45, 7) is 0.764. The topological polar surface area (TPSA) is 29.5 Å². The van der Waals surface area contributed by atoms with Crippen molar-refractivity contribution in [1.82, 2.24) is 4.90 Å². The van der Waals surface area contributed by atoms with Gasteiger partial charge in [-0.15, -0.1) is 11.8 Å². The van der Waals surface area contributed by atoms with E-state index in [1.807, 2.05) is 6.07 Å². The number of ether oxygens (including phenoxy) is 1. The van der Waals surface area contributed by atoms with Crippen molar-refractivity contribution in [2.24, 2.45) is 0 Å². The fraction of sp³-hybridized carbons (Fsp3) is 0.417. The Hall–Kier alpha value is -1.07. The van der Waals surface area contributed by atoms with Crippen LogP contribution in [0.4, 0.5) is 4.39 Å². The highest BCUT2D eigenvalue weighted by Gasteiger charge is 2.30. The van der Waals surface area contributed by atoms with Gasteiger partial charge in [-0.2, -0.15) is 0 Å². The molecule has 3 nitrogen and oxygen atoms in total. The number of carbonyl (C=O) groups excluding carboxylic acids is 1. The quantitative estimate of drug-likeness (QED) is 0.828. The Balaban J connectivity index is 2.17. The van der Waals surface area contributed by atoms with Gasteiger partial charge in [-0.1, -0.05) is 12.1 Å². The monoisotopic (exact) mass is 255 g/mol. The molecule has 0 unspecified atom stereocenters. The van der Waals surface area contributed by atoms with E-state index in [0.29, 0.717) is 6.54 Å². The highest BCUT2D eigenvalue weighted by molar-refractivity contribution is 7.99. The van der Waals surface area contributed by atoms with Crippen molar-refractivity contribution < 1.29 is 13.9 Å². The average Bonchev–Trinajstić information content (AvgIpc) is 2.78. The molecule has 0 aliphatic carbocycles. The predicted octanol–water partition coefficient (Wildman–Crippen LogP) is 2.05. The molecule has 1 heterocycles. The third-order valence-corrected chi connectivity index (χ3v) is 3.87. The third kappa shape index (κ3) is 2.79. The molecule has 0 bridgehead atoms. The lowest BCUT2D eigenvalue weighted by Gasteiger charge is -2.23. The highest BCUT2D eigenvalue weighted by Crippen LogP contribution is 2.37. The van der Waals surface area contributed by atoms with Crippen LogP contribution in [0.25, 0.3) is 0 Å². The van der Waals surface area contributed by atoms with Gasteiger partial charge in [-0.05, 0) is 17.7 Å². The zero-order valence-electron chi connectivity index (χ0n) is 9.56. The highest BCUT2D eigenvalue weighted by atomic mass is 32.2. The Kier molecular flexibility index (Phi) is 4.02. The van der Waals surface area contributed by atoms with E-state index >= 15 is 0 Å². The van der Waals surface area contributed by atoms with Gasteiger partial charge in [0, 0.05) is 19.4 Å². The van der Waals surface area contributed by atoms with Gasteiger partial charge in [0.25, 0.3) is 0 Å². The molecule has 0 radical (unpaired) electrons. The van der Waals surface area contributed by atoms with Gasteiger partial charge >= 0.3 is 0 Å². The summed E-state index contributed by atoms with van der Waals surface area (Å²) in [6.07, 6.45) is 0. The molecule has 92 valence electrons. The third-order valence-electron chi connectivity index (χ3n) is 2.61. The molecule has 1 aromatic carbocycles. The molecule has 5 heteroatoms. The predicted molar refractivity (Wildman–Crippen MR) is 65.2 cm³/mol. The zero-order valence-corrected chi connectivity index (χ0v) is 10.4. The van der Waals surface area contributed by atoms with Crippen LogP contribution in [0.1, 0.15) is 10.9 Å². The van der Waals surface area contributed by atoms with Gasteiger partial charge in [0.15, 0.2) is 0 Å². The second-order valence-corrected chi connectivity index (χ2v) is 4.99. The number of methoxy groups -OCH3 is 1. The van der Waals surface area contributed by atoms with Crippen LogP contribution >= 0.6 is 11.8 Å². The Labute approximate surface area is 104 Å². The second kappa shape index (κ2) is 5.51. The molecule has 1 fully saturated rings. The van der Waals surface area contributed by atoms with Crippen LogP contribution in [0.3, 0.4) is 0 Å². The smallest absolute Gasteiger partial charge is 0.249 e. The number of halogens is 1. The van der Waals surface area contributed by atoms with Crippen molar-refractivity contribution in [1.29, 1.82) is 0 Å². The average molecular weight is 255 g/mol. The van der Waals surface area contributed by atoms with Gasteiger partial charge in [-0.3, -0.25) is 4.79 Å². The lowest BCUT2D eigenvalue weighted by Crippen LogP contribution is -2.33. The first-order chi connectivity index (χ1) is 8.22. The van der Waals surface area contributed by atoms with Crippen LogP contribution in [0.2, 0.25) is 0 Å². The molecule has 1 aliphatic rings. The molecule has 2 rings (SSSR count). The van der Waals surface area contributed by atoms with Crippen molar-refractivity contribution in [3.05, 3.63) is 35.6 Å². The first-order valence-electron chi connectivity index (χ1n) is 5.38. The summed E-state index contributed by atoms with van der Waals surface area (Å²) in [5.74, 6) is 0.553. The van der Waals surface area contributed by atoms with E-state index in [2.05, 4.69) is 0 Å². The van der Waals surface area contributed by atoms with E-state index in [9.17, 15) is 9.18 Å². The molecule has 1 amide bonds. The number of benzene rings is 1. The minimum Gasteiger partial charge on any atom is -0.375 e. The standard InChI is InChI=1S/C12H14FNO2S/c1-16-8-11(15)14-5-6-17-12(14)9-3-2-4-10(13)7-9/h2-4,7,12H,5-6,8H2,1H3/t12-/m1/s1. The zero-order chi connectivity index (χ0) is 12.3. The Morgan fingerprint density at radius 2 is 2.47 bits per heavy atom. The van der Waals surface area contributed by atoms with E-state index in [0.717, 1.165) is 11.3 Å². The van der Waals surface area contributed by atoms with E-state index in [1.54, 1.807) is 22.7 Å². The molecular weight excluding hydrogens is 241 g/mol. The Morgan fingerprint density at radius 1 is 1.65 bits per heavy atom. The molecule has 1 aromatic rings. The summed E-state index contributed by atoms with van der Waals surface area (Å²) < 4.78 is 18.0. The van der Waals surface area contributed by atoms with Gasteiger partial charge < -0.3 is 9.64 Å². The number of hydrogen-bond acceptors (Lipinski definition) is 3. The van der Waals surface area contributed by atoms with E-state index in [4.69, 9.17) is 4.74 Å².